The Hall–Kier alpha value is -3.35. The van der Waals surface area contributed by atoms with Crippen molar-refractivity contribution in [3.8, 4) is 0 Å². The Morgan fingerprint density at radius 3 is 2.14 bits per heavy atom. The Balaban J connectivity index is 2.02. The van der Waals surface area contributed by atoms with Gasteiger partial charge in [0.1, 0.15) is 12.6 Å². The van der Waals surface area contributed by atoms with Crippen LogP contribution >= 0.6 is 0 Å². The fourth-order valence-corrected chi connectivity index (χ4v) is 2.64. The molecule has 0 aliphatic carbocycles. The number of carbonyl (C=O) groups excluding carboxylic acids is 3. The first-order valence-corrected chi connectivity index (χ1v) is 9.00. The average Bonchev–Trinajstić information content (AvgIpc) is 2.72. The molecule has 0 bridgehead atoms. The average molecular weight is 383 g/mol. The third-order valence-electron chi connectivity index (χ3n) is 4.19. The number of hydrogen-bond acceptors (Lipinski definition) is 4. The molecule has 0 aliphatic rings. The van der Waals surface area contributed by atoms with Crippen LogP contribution in [0.4, 0.5) is 4.79 Å². The Morgan fingerprint density at radius 2 is 1.54 bits per heavy atom. The standard InChI is InChI=1S/C21H25N3O4/c1-15(17-11-7-4-8-12-17)23-21(27)24-18(13-16-9-5-3-6-10-16)20(26)22-14-19(25)28-2/h3-12,15,18H,13-14H2,1-2H3,(H,22,26)(H2,23,24,27)/t15-,18-/m1/s1. The van der Waals surface area contributed by atoms with Gasteiger partial charge in [0.15, 0.2) is 0 Å². The predicted molar refractivity (Wildman–Crippen MR) is 105 cm³/mol. The fourth-order valence-electron chi connectivity index (χ4n) is 2.64. The number of nitrogens with one attached hydrogen (secondary N) is 3. The van der Waals surface area contributed by atoms with Crippen LogP contribution in [-0.2, 0) is 20.7 Å². The van der Waals surface area contributed by atoms with Crippen molar-refractivity contribution >= 4 is 17.9 Å². The number of carbonyl (C=O) groups is 3. The Labute approximate surface area is 164 Å². The van der Waals surface area contributed by atoms with E-state index in [2.05, 4.69) is 20.7 Å². The fraction of sp³-hybridized carbons (Fsp3) is 0.286. The van der Waals surface area contributed by atoms with Crippen molar-refractivity contribution in [3.63, 3.8) is 0 Å². The second kappa shape index (κ2) is 10.7. The van der Waals surface area contributed by atoms with Crippen LogP contribution in [0.3, 0.4) is 0 Å². The lowest BCUT2D eigenvalue weighted by Crippen LogP contribution is -2.52. The molecule has 0 radical (unpaired) electrons. The molecular weight excluding hydrogens is 358 g/mol. The molecule has 2 aromatic rings. The van der Waals surface area contributed by atoms with Crippen molar-refractivity contribution in [2.24, 2.45) is 0 Å². The van der Waals surface area contributed by atoms with E-state index >= 15 is 0 Å². The van der Waals surface area contributed by atoms with Crippen molar-refractivity contribution in [1.82, 2.24) is 16.0 Å². The maximum atomic E-state index is 12.5. The summed E-state index contributed by atoms with van der Waals surface area (Å²) in [6.45, 7) is 1.60. The molecule has 0 saturated carbocycles. The minimum atomic E-state index is -0.838. The second-order valence-corrected chi connectivity index (χ2v) is 6.29. The highest BCUT2D eigenvalue weighted by atomic mass is 16.5. The number of methoxy groups -OCH3 is 1. The van der Waals surface area contributed by atoms with Crippen molar-refractivity contribution in [1.29, 1.82) is 0 Å². The van der Waals surface area contributed by atoms with Gasteiger partial charge in [-0.1, -0.05) is 60.7 Å². The van der Waals surface area contributed by atoms with Gasteiger partial charge in [0, 0.05) is 6.42 Å². The van der Waals surface area contributed by atoms with Crippen LogP contribution in [0.15, 0.2) is 60.7 Å². The van der Waals surface area contributed by atoms with Crippen molar-refractivity contribution < 1.29 is 19.1 Å². The SMILES string of the molecule is COC(=O)CNC(=O)[C@@H](Cc1ccccc1)NC(=O)N[C@H](C)c1ccccc1. The van der Waals surface area contributed by atoms with Gasteiger partial charge in [-0.2, -0.15) is 0 Å². The quantitative estimate of drug-likeness (QED) is 0.607. The van der Waals surface area contributed by atoms with Gasteiger partial charge < -0.3 is 20.7 Å². The number of rotatable bonds is 8. The van der Waals surface area contributed by atoms with Gasteiger partial charge in [0.05, 0.1) is 13.2 Å². The molecule has 148 valence electrons. The van der Waals surface area contributed by atoms with Crippen molar-refractivity contribution in [3.05, 3.63) is 71.8 Å². The molecule has 3 N–H and O–H groups in total. The first kappa shape index (κ1) is 21.0. The molecule has 0 unspecified atom stereocenters. The smallest absolute Gasteiger partial charge is 0.325 e. The number of urea groups is 1. The normalized spacial score (nSPS) is 12.4. The molecule has 0 saturated heterocycles. The molecule has 0 aromatic heterocycles. The second-order valence-electron chi connectivity index (χ2n) is 6.29. The predicted octanol–water partition coefficient (Wildman–Crippen LogP) is 1.95. The van der Waals surface area contributed by atoms with Crippen LogP contribution in [0.1, 0.15) is 24.1 Å². The maximum absolute atomic E-state index is 12.5. The first-order valence-electron chi connectivity index (χ1n) is 9.00. The lowest BCUT2D eigenvalue weighted by atomic mass is 10.1. The van der Waals surface area contributed by atoms with E-state index in [-0.39, 0.29) is 12.6 Å². The van der Waals surface area contributed by atoms with Crippen molar-refractivity contribution in [2.45, 2.75) is 25.4 Å². The Morgan fingerprint density at radius 1 is 0.929 bits per heavy atom. The molecule has 0 aliphatic heterocycles. The molecule has 3 amide bonds. The summed E-state index contributed by atoms with van der Waals surface area (Å²) >= 11 is 0. The van der Waals surface area contributed by atoms with E-state index in [1.165, 1.54) is 7.11 Å². The van der Waals surface area contributed by atoms with Gasteiger partial charge in [0.25, 0.3) is 0 Å². The van der Waals surface area contributed by atoms with Gasteiger partial charge in [-0.15, -0.1) is 0 Å². The van der Waals surface area contributed by atoms with Crippen LogP contribution in [0.5, 0.6) is 0 Å². The number of benzene rings is 2. The molecule has 2 atom stereocenters. The summed E-state index contributed by atoms with van der Waals surface area (Å²) in [7, 11) is 1.24. The van der Waals surface area contributed by atoms with Crippen LogP contribution in [0, 0.1) is 0 Å². The van der Waals surface area contributed by atoms with Gasteiger partial charge in [0.2, 0.25) is 5.91 Å². The van der Waals surface area contributed by atoms with E-state index in [4.69, 9.17) is 0 Å². The van der Waals surface area contributed by atoms with E-state index in [1.54, 1.807) is 0 Å². The maximum Gasteiger partial charge on any atom is 0.325 e. The van der Waals surface area contributed by atoms with E-state index < -0.39 is 23.9 Å². The Bertz CT molecular complexity index is 781. The van der Waals surface area contributed by atoms with Gasteiger partial charge in [-0.3, -0.25) is 9.59 Å². The zero-order valence-corrected chi connectivity index (χ0v) is 16.0. The Kier molecular flexibility index (Phi) is 8.02. The molecule has 2 rings (SSSR count). The van der Waals surface area contributed by atoms with Crippen LogP contribution in [-0.4, -0.2) is 37.6 Å². The minimum absolute atomic E-state index is 0.225. The van der Waals surface area contributed by atoms with E-state index in [0.717, 1.165) is 11.1 Å². The highest BCUT2D eigenvalue weighted by molar-refractivity contribution is 5.89. The molecule has 28 heavy (non-hydrogen) atoms. The highest BCUT2D eigenvalue weighted by Gasteiger charge is 2.22. The largest absolute Gasteiger partial charge is 0.468 e. The molecule has 7 heteroatoms. The van der Waals surface area contributed by atoms with Gasteiger partial charge >= 0.3 is 12.0 Å². The third kappa shape index (κ3) is 6.75. The highest BCUT2D eigenvalue weighted by Crippen LogP contribution is 2.11. The lowest BCUT2D eigenvalue weighted by molar-refractivity contribution is -0.141. The third-order valence-corrected chi connectivity index (χ3v) is 4.19. The summed E-state index contributed by atoms with van der Waals surface area (Å²) in [5, 5.41) is 8.00. The molecule has 2 aromatic carbocycles. The molecule has 0 fully saturated rings. The topological polar surface area (TPSA) is 96.5 Å². The lowest BCUT2D eigenvalue weighted by Gasteiger charge is -2.21. The summed E-state index contributed by atoms with van der Waals surface area (Å²) in [6.07, 6.45) is 0.293. The molecule has 0 heterocycles. The van der Waals surface area contributed by atoms with E-state index in [1.807, 2.05) is 67.6 Å². The van der Waals surface area contributed by atoms with Crippen LogP contribution in [0.2, 0.25) is 0 Å². The summed E-state index contributed by atoms with van der Waals surface area (Å²) < 4.78 is 4.53. The van der Waals surface area contributed by atoms with E-state index in [0.29, 0.717) is 6.42 Å². The van der Waals surface area contributed by atoms with Gasteiger partial charge in [-0.05, 0) is 18.1 Å². The van der Waals surface area contributed by atoms with E-state index in [9.17, 15) is 14.4 Å². The summed E-state index contributed by atoms with van der Waals surface area (Å²) in [6, 6.07) is 17.3. The number of ether oxygens (including phenoxy) is 1. The van der Waals surface area contributed by atoms with Crippen LogP contribution < -0.4 is 16.0 Å². The first-order chi connectivity index (χ1) is 13.5. The summed E-state index contributed by atoms with van der Waals surface area (Å²) in [4.78, 5) is 36.2. The molecule has 7 nitrogen and oxygen atoms in total. The zero-order chi connectivity index (χ0) is 20.4. The zero-order valence-electron chi connectivity index (χ0n) is 16.0. The number of esters is 1. The summed E-state index contributed by atoms with van der Waals surface area (Å²) in [5.41, 5.74) is 1.84. The molecule has 0 spiro atoms. The van der Waals surface area contributed by atoms with Crippen LogP contribution in [0.25, 0.3) is 0 Å². The summed E-state index contributed by atoms with van der Waals surface area (Å²) in [5.74, 6) is -1.02. The van der Waals surface area contributed by atoms with Crippen molar-refractivity contribution in [2.75, 3.05) is 13.7 Å². The number of hydrogen-bond donors (Lipinski definition) is 3. The minimum Gasteiger partial charge on any atom is -0.468 e. The van der Waals surface area contributed by atoms with Gasteiger partial charge in [-0.25, -0.2) is 4.79 Å². The monoisotopic (exact) mass is 383 g/mol. The molecular formula is C21H25N3O4. The number of amides is 3.